The number of hydrogen-bond donors (Lipinski definition) is 1. The third-order valence-electron chi connectivity index (χ3n) is 4.66. The Balaban J connectivity index is 1.44. The van der Waals surface area contributed by atoms with Gasteiger partial charge in [0.05, 0.1) is 12.1 Å². The maximum atomic E-state index is 12.6. The summed E-state index contributed by atoms with van der Waals surface area (Å²) in [4.78, 5) is 16.7. The van der Waals surface area contributed by atoms with Crippen LogP contribution in [0.4, 0.5) is 13.9 Å². The fourth-order valence-corrected chi connectivity index (χ4v) is 4.14. The first kappa shape index (κ1) is 18.6. The molecule has 1 amide bonds. The Labute approximate surface area is 165 Å². The van der Waals surface area contributed by atoms with Crippen molar-refractivity contribution in [2.45, 2.75) is 32.3 Å². The van der Waals surface area contributed by atoms with Crippen molar-refractivity contribution in [2.24, 2.45) is 0 Å². The molecule has 0 saturated heterocycles. The molecule has 3 aromatic rings. The van der Waals surface area contributed by atoms with Crippen LogP contribution < -0.4 is 10.1 Å². The number of carbonyl (C=O) groups is 1. The second kappa shape index (κ2) is 8.06. The van der Waals surface area contributed by atoms with Gasteiger partial charge in [-0.3, -0.25) is 4.79 Å². The van der Waals surface area contributed by atoms with E-state index in [-0.39, 0.29) is 18.1 Å². The third-order valence-corrected chi connectivity index (χ3v) is 5.41. The van der Waals surface area contributed by atoms with Crippen molar-refractivity contribution in [3.05, 3.63) is 64.5 Å². The summed E-state index contributed by atoms with van der Waals surface area (Å²) >= 11 is 1.24. The molecule has 0 bridgehead atoms. The molecule has 28 heavy (non-hydrogen) atoms. The lowest BCUT2D eigenvalue weighted by Crippen LogP contribution is -2.14. The number of halogens is 2. The number of hydrogen-bond acceptors (Lipinski definition) is 4. The zero-order valence-electron chi connectivity index (χ0n) is 15.0. The predicted molar refractivity (Wildman–Crippen MR) is 105 cm³/mol. The summed E-state index contributed by atoms with van der Waals surface area (Å²) in [6.07, 6.45) is 3.62. The predicted octanol–water partition coefficient (Wildman–Crippen LogP) is 5.08. The largest absolute Gasteiger partial charge is 0.434 e. The summed E-state index contributed by atoms with van der Waals surface area (Å²) in [5.74, 6) is -0.102. The van der Waals surface area contributed by atoms with Gasteiger partial charge in [0.15, 0.2) is 5.13 Å². The molecule has 1 heterocycles. The van der Waals surface area contributed by atoms with Crippen LogP contribution in [0.1, 0.15) is 23.1 Å². The molecule has 0 spiro atoms. The number of aromatic nitrogens is 1. The van der Waals surface area contributed by atoms with Crippen molar-refractivity contribution in [1.29, 1.82) is 0 Å². The number of nitrogens with one attached hydrogen (secondary N) is 1. The van der Waals surface area contributed by atoms with Crippen LogP contribution in [0.15, 0.2) is 47.8 Å². The maximum Gasteiger partial charge on any atom is 0.387 e. The Morgan fingerprint density at radius 1 is 1.18 bits per heavy atom. The highest BCUT2D eigenvalue weighted by molar-refractivity contribution is 7.14. The minimum Gasteiger partial charge on any atom is -0.434 e. The molecule has 1 aromatic heterocycles. The van der Waals surface area contributed by atoms with Gasteiger partial charge in [-0.05, 0) is 48.1 Å². The molecule has 4 nitrogen and oxygen atoms in total. The number of ether oxygens (including phenoxy) is 1. The number of anilines is 1. The maximum absolute atomic E-state index is 12.6. The Bertz CT molecular complexity index is 1000. The molecule has 1 aliphatic rings. The number of fused-ring (bicyclic) bond motifs is 1. The molecule has 0 radical (unpaired) electrons. The van der Waals surface area contributed by atoms with Gasteiger partial charge in [-0.15, -0.1) is 11.3 Å². The highest BCUT2D eigenvalue weighted by Crippen LogP contribution is 2.33. The van der Waals surface area contributed by atoms with E-state index in [0.29, 0.717) is 16.4 Å². The van der Waals surface area contributed by atoms with Crippen molar-refractivity contribution in [1.82, 2.24) is 4.98 Å². The monoisotopic (exact) mass is 400 g/mol. The molecule has 1 aliphatic carbocycles. The van der Waals surface area contributed by atoms with Crippen LogP contribution in [0, 0.1) is 0 Å². The van der Waals surface area contributed by atoms with Crippen molar-refractivity contribution in [2.75, 3.05) is 5.32 Å². The number of para-hydroxylation sites is 1. The van der Waals surface area contributed by atoms with E-state index < -0.39 is 6.61 Å². The van der Waals surface area contributed by atoms with Crippen LogP contribution in [0.3, 0.4) is 0 Å². The molecule has 7 heteroatoms. The molecule has 0 fully saturated rings. The van der Waals surface area contributed by atoms with Crippen LogP contribution in [0.2, 0.25) is 0 Å². The molecule has 0 saturated carbocycles. The number of rotatable bonds is 6. The van der Waals surface area contributed by atoms with E-state index in [2.05, 4.69) is 27.2 Å². The summed E-state index contributed by atoms with van der Waals surface area (Å²) in [5.41, 5.74) is 4.62. The summed E-state index contributed by atoms with van der Waals surface area (Å²) in [5, 5.41) is 4.92. The van der Waals surface area contributed by atoms with E-state index >= 15 is 0 Å². The number of thiazole rings is 1. The van der Waals surface area contributed by atoms with Gasteiger partial charge in [-0.2, -0.15) is 8.78 Å². The lowest BCUT2D eigenvalue weighted by Gasteiger charge is -2.08. The topological polar surface area (TPSA) is 51.2 Å². The van der Waals surface area contributed by atoms with E-state index in [4.69, 9.17) is 0 Å². The summed E-state index contributed by atoms with van der Waals surface area (Å²) in [6, 6.07) is 12.7. The molecule has 0 aliphatic heterocycles. The van der Waals surface area contributed by atoms with Crippen molar-refractivity contribution < 1.29 is 18.3 Å². The first-order valence-electron chi connectivity index (χ1n) is 8.99. The number of amides is 1. The number of aryl methyl sites for hydroxylation is 2. The summed E-state index contributed by atoms with van der Waals surface area (Å²) < 4.78 is 29.7. The number of carbonyl (C=O) groups excluding carboxylic acids is 1. The smallest absolute Gasteiger partial charge is 0.387 e. The fraction of sp³-hybridized carbons (Fsp3) is 0.238. The Morgan fingerprint density at radius 3 is 2.86 bits per heavy atom. The van der Waals surface area contributed by atoms with Gasteiger partial charge in [-0.1, -0.05) is 30.3 Å². The van der Waals surface area contributed by atoms with Gasteiger partial charge in [-0.25, -0.2) is 4.98 Å². The second-order valence-corrected chi connectivity index (χ2v) is 7.45. The number of benzene rings is 2. The minimum absolute atomic E-state index is 0.0545. The minimum atomic E-state index is -2.91. The first-order valence-corrected chi connectivity index (χ1v) is 9.87. The molecule has 0 atom stereocenters. The second-order valence-electron chi connectivity index (χ2n) is 6.59. The molecule has 0 unspecified atom stereocenters. The van der Waals surface area contributed by atoms with Gasteiger partial charge < -0.3 is 10.1 Å². The standard InChI is InChI=1S/C21H18F2N2O2S/c22-20(23)27-18-7-2-1-6-16(18)17-12-28-21(24-17)25-19(26)11-13-8-9-14-4-3-5-15(14)10-13/h1-2,6-10,12,20H,3-5,11H2,(H,24,25,26). The first-order chi connectivity index (χ1) is 13.6. The molecular formula is C21H18F2N2O2S. The number of nitrogens with zero attached hydrogens (tertiary/aromatic N) is 1. The Kier molecular flexibility index (Phi) is 5.34. The molecule has 2 aromatic carbocycles. The van der Waals surface area contributed by atoms with Gasteiger partial charge >= 0.3 is 6.61 Å². The van der Waals surface area contributed by atoms with Crippen molar-refractivity contribution in [3.63, 3.8) is 0 Å². The number of alkyl halides is 2. The normalized spacial score (nSPS) is 12.8. The van der Waals surface area contributed by atoms with Crippen LogP contribution >= 0.6 is 11.3 Å². The Morgan fingerprint density at radius 2 is 2.00 bits per heavy atom. The van der Waals surface area contributed by atoms with E-state index in [0.717, 1.165) is 18.4 Å². The van der Waals surface area contributed by atoms with Crippen LogP contribution in [-0.4, -0.2) is 17.5 Å². The highest BCUT2D eigenvalue weighted by atomic mass is 32.1. The average Bonchev–Trinajstić information content (AvgIpc) is 3.30. The Hall–Kier alpha value is -2.80. The van der Waals surface area contributed by atoms with Crippen molar-refractivity contribution >= 4 is 22.4 Å². The quantitative estimate of drug-likeness (QED) is 0.628. The lowest BCUT2D eigenvalue weighted by molar-refractivity contribution is -0.115. The lowest BCUT2D eigenvalue weighted by atomic mass is 10.0. The van der Waals surface area contributed by atoms with Crippen LogP contribution in [-0.2, 0) is 24.1 Å². The van der Waals surface area contributed by atoms with Crippen molar-refractivity contribution in [3.8, 4) is 17.0 Å². The van der Waals surface area contributed by atoms with Crippen LogP contribution in [0.5, 0.6) is 5.75 Å². The average molecular weight is 400 g/mol. The van der Waals surface area contributed by atoms with E-state index in [1.165, 1.54) is 35.0 Å². The van der Waals surface area contributed by atoms with Gasteiger partial charge in [0.1, 0.15) is 5.75 Å². The van der Waals surface area contributed by atoms with Gasteiger partial charge in [0.25, 0.3) is 0 Å². The third kappa shape index (κ3) is 4.20. The zero-order valence-corrected chi connectivity index (χ0v) is 15.8. The molecule has 4 rings (SSSR count). The zero-order chi connectivity index (χ0) is 19.5. The molecule has 1 N–H and O–H groups in total. The van der Waals surface area contributed by atoms with Gasteiger partial charge in [0, 0.05) is 10.9 Å². The van der Waals surface area contributed by atoms with E-state index in [1.807, 2.05) is 6.07 Å². The van der Waals surface area contributed by atoms with E-state index in [9.17, 15) is 13.6 Å². The summed E-state index contributed by atoms with van der Waals surface area (Å²) in [7, 11) is 0. The van der Waals surface area contributed by atoms with E-state index in [1.54, 1.807) is 23.6 Å². The molecular weight excluding hydrogens is 382 g/mol. The fourth-order valence-electron chi connectivity index (χ4n) is 3.42. The molecule has 144 valence electrons. The summed E-state index contributed by atoms with van der Waals surface area (Å²) in [6.45, 7) is -2.91. The SMILES string of the molecule is O=C(Cc1ccc2c(c1)CCC2)Nc1nc(-c2ccccc2OC(F)F)cs1. The van der Waals surface area contributed by atoms with Crippen LogP contribution in [0.25, 0.3) is 11.3 Å². The highest BCUT2D eigenvalue weighted by Gasteiger charge is 2.15. The van der Waals surface area contributed by atoms with Gasteiger partial charge in [0.2, 0.25) is 5.91 Å².